The fraction of sp³-hybridized carbons (Fsp3) is 0. The van der Waals surface area contributed by atoms with Gasteiger partial charge in [-0.15, -0.1) is 22.7 Å². The number of para-hydroxylation sites is 2. The van der Waals surface area contributed by atoms with Crippen LogP contribution in [0.2, 0.25) is 0 Å². The Morgan fingerprint density at radius 3 is 1.31 bits per heavy atom. The molecule has 0 fully saturated rings. The number of hydrogen-bond donors (Lipinski definition) is 0. The molecule has 23 aromatic rings. The first-order valence-corrected chi connectivity index (χ1v) is 35.2. The SMILES string of the molecule is c1ccc(-c2cccc(-c3nc(-n4c5ccccc5c5c6sc7ccccc7c6c6ccccc6c54)nc4c3oc3c5ccccc5ccc43)c2)cc1.c1ccc(-c2nc(-n3c4ccccc4c4c5sc6ccccc6c5c5ccccc5c43)nc3c2oc2ccc4ccccc4c23)cc1. The smallest absolute Gasteiger partial charge is 0.236 e. The number of fused-ring (bicyclic) bond motifs is 30. The molecule has 0 unspecified atom stereocenters. The van der Waals surface area contributed by atoms with Crippen LogP contribution in [0.15, 0.2) is 312 Å². The molecule has 0 spiro atoms. The summed E-state index contributed by atoms with van der Waals surface area (Å²) in [6, 6.07) is 107. The van der Waals surface area contributed by atoms with E-state index in [1.165, 1.54) is 83.4 Å². The van der Waals surface area contributed by atoms with Crippen molar-refractivity contribution in [1.29, 1.82) is 0 Å². The third-order valence-electron chi connectivity index (χ3n) is 20.4. The van der Waals surface area contributed by atoms with Crippen molar-refractivity contribution in [3.63, 3.8) is 0 Å². The van der Waals surface area contributed by atoms with Crippen LogP contribution < -0.4 is 0 Å². The molecule has 0 N–H and O–H groups in total. The Balaban J connectivity index is 0.000000128. The highest BCUT2D eigenvalue weighted by molar-refractivity contribution is 7.27. The van der Waals surface area contributed by atoms with Gasteiger partial charge >= 0.3 is 0 Å². The summed E-state index contributed by atoms with van der Waals surface area (Å²) in [5, 5.41) is 21.3. The molecule has 8 heterocycles. The maximum atomic E-state index is 6.87. The van der Waals surface area contributed by atoms with Gasteiger partial charge in [-0.05, 0) is 80.5 Å². The second-order valence-corrected chi connectivity index (χ2v) is 27.9. The molecule has 100 heavy (non-hydrogen) atoms. The first-order chi connectivity index (χ1) is 49.6. The van der Waals surface area contributed by atoms with Gasteiger partial charge in [-0.3, -0.25) is 9.13 Å². The fourth-order valence-electron chi connectivity index (χ4n) is 16.1. The summed E-state index contributed by atoms with van der Waals surface area (Å²) >= 11 is 3.73. The molecule has 0 bridgehead atoms. The maximum absolute atomic E-state index is 6.87. The molecule has 0 atom stereocenters. The van der Waals surface area contributed by atoms with Crippen molar-refractivity contribution in [1.82, 2.24) is 29.1 Å². The lowest BCUT2D eigenvalue weighted by Gasteiger charge is -2.12. The maximum Gasteiger partial charge on any atom is 0.236 e. The van der Waals surface area contributed by atoms with Crippen molar-refractivity contribution in [2.45, 2.75) is 0 Å². The quantitative estimate of drug-likeness (QED) is 0.171. The van der Waals surface area contributed by atoms with Crippen LogP contribution in [-0.2, 0) is 0 Å². The summed E-state index contributed by atoms with van der Waals surface area (Å²) in [7, 11) is 0. The van der Waals surface area contributed by atoms with Gasteiger partial charge in [0.25, 0.3) is 0 Å². The number of rotatable bonds is 5. The van der Waals surface area contributed by atoms with Gasteiger partial charge in [-0.1, -0.05) is 261 Å². The van der Waals surface area contributed by atoms with Crippen molar-refractivity contribution in [2.24, 2.45) is 0 Å². The Hall–Kier alpha value is -12.9. The van der Waals surface area contributed by atoms with Crippen LogP contribution in [0.25, 0.3) is 217 Å². The van der Waals surface area contributed by atoms with E-state index < -0.39 is 0 Å². The zero-order chi connectivity index (χ0) is 65.3. The zero-order valence-corrected chi connectivity index (χ0v) is 54.8. The van der Waals surface area contributed by atoms with Crippen LogP contribution in [0.3, 0.4) is 0 Å². The van der Waals surface area contributed by atoms with Gasteiger partial charge in [0.15, 0.2) is 11.2 Å². The van der Waals surface area contributed by atoms with Crippen LogP contribution in [0.1, 0.15) is 0 Å². The highest BCUT2D eigenvalue weighted by atomic mass is 32.1. The Morgan fingerprint density at radius 2 is 0.700 bits per heavy atom. The average molecular weight is 1310 g/mol. The zero-order valence-electron chi connectivity index (χ0n) is 53.2. The van der Waals surface area contributed by atoms with Gasteiger partial charge in [0.05, 0.1) is 27.5 Å². The summed E-state index contributed by atoms with van der Waals surface area (Å²) in [6.07, 6.45) is 0. The third kappa shape index (κ3) is 7.96. The number of benzene rings is 15. The van der Waals surface area contributed by atoms with Crippen molar-refractivity contribution in [3.05, 3.63) is 303 Å². The summed E-state index contributed by atoms with van der Waals surface area (Å²) < 4.78 is 23.2. The molecule has 0 aliphatic rings. The normalized spacial score (nSPS) is 12.2. The highest BCUT2D eigenvalue weighted by Crippen LogP contribution is 2.51. The van der Waals surface area contributed by atoms with Gasteiger partial charge in [0.1, 0.15) is 33.6 Å². The van der Waals surface area contributed by atoms with Crippen molar-refractivity contribution < 1.29 is 8.83 Å². The number of furan rings is 2. The van der Waals surface area contributed by atoms with Crippen LogP contribution in [-0.4, -0.2) is 29.1 Å². The first-order valence-electron chi connectivity index (χ1n) is 33.6. The van der Waals surface area contributed by atoms with Crippen molar-refractivity contribution in [3.8, 4) is 45.5 Å². The summed E-state index contributed by atoms with van der Waals surface area (Å²) in [4.78, 5) is 21.8. The van der Waals surface area contributed by atoms with Gasteiger partial charge < -0.3 is 8.83 Å². The second kappa shape index (κ2) is 21.3. The molecule has 15 aromatic carbocycles. The lowest BCUT2D eigenvalue weighted by atomic mass is 10.00. The Kier molecular flexibility index (Phi) is 11.8. The minimum absolute atomic E-state index is 0.616. The number of thiophene rings is 2. The number of nitrogens with zero attached hydrogens (tertiary/aromatic N) is 6. The molecule has 0 aliphatic carbocycles. The molecule has 0 aliphatic heterocycles. The molecule has 23 rings (SSSR count). The van der Waals surface area contributed by atoms with Crippen LogP contribution in [0.4, 0.5) is 0 Å². The summed E-state index contributed by atoms with van der Waals surface area (Å²) in [5.41, 5.74) is 14.8. The van der Waals surface area contributed by atoms with Gasteiger partial charge in [0, 0.05) is 94.6 Å². The van der Waals surface area contributed by atoms with E-state index in [9.17, 15) is 0 Å². The predicted octanol–water partition coefficient (Wildman–Crippen LogP) is 25.3. The third-order valence-corrected chi connectivity index (χ3v) is 22.8. The molecular formula is C90H50N6O2S2. The van der Waals surface area contributed by atoms with Gasteiger partial charge in [-0.25, -0.2) is 19.9 Å². The van der Waals surface area contributed by atoms with E-state index in [1.807, 2.05) is 46.9 Å². The minimum Gasteiger partial charge on any atom is -0.452 e. The van der Waals surface area contributed by atoms with E-state index in [0.717, 1.165) is 110 Å². The largest absolute Gasteiger partial charge is 0.452 e. The Bertz CT molecular complexity index is 7420. The average Bonchev–Trinajstić information content (AvgIpc) is 1.54. The van der Waals surface area contributed by atoms with E-state index in [-0.39, 0.29) is 0 Å². The molecule has 464 valence electrons. The van der Waals surface area contributed by atoms with E-state index in [1.54, 1.807) is 0 Å². The van der Waals surface area contributed by atoms with Crippen LogP contribution in [0, 0.1) is 0 Å². The molecule has 0 saturated heterocycles. The van der Waals surface area contributed by atoms with Crippen molar-refractivity contribution in [2.75, 3.05) is 0 Å². The van der Waals surface area contributed by atoms with Gasteiger partial charge in [0.2, 0.25) is 11.9 Å². The first kappa shape index (κ1) is 55.3. The molecule has 8 nitrogen and oxygen atoms in total. The van der Waals surface area contributed by atoms with E-state index in [2.05, 4.69) is 288 Å². The lowest BCUT2D eigenvalue weighted by molar-refractivity contribution is 0.667. The number of aromatic nitrogens is 6. The van der Waals surface area contributed by atoms with E-state index in [0.29, 0.717) is 23.1 Å². The summed E-state index contributed by atoms with van der Waals surface area (Å²) in [6.45, 7) is 0. The fourth-order valence-corrected chi connectivity index (χ4v) is 18.6. The molecule has 0 radical (unpaired) electrons. The molecule has 0 saturated carbocycles. The van der Waals surface area contributed by atoms with Crippen molar-refractivity contribution >= 4 is 194 Å². The molecule has 8 aromatic heterocycles. The highest BCUT2D eigenvalue weighted by Gasteiger charge is 2.29. The standard InChI is InChI=1S/C48H27N3OS.C42H23N3OS/c1-2-13-28(14-3-1)30-16-12-17-31(27-30)42-46-43(37-26-25-29-15-4-5-18-32(29)45(37)52-46)50-48(49-42)51-38-23-10-8-21-35(38)41-44(51)34-20-7-6-19-33(34)40-36-22-9-11-24-39(36)53-47(40)41;1-2-13-25(14-3-1)37-40-38(35-26-15-5-4-12-24(26)22-23-32(35)46-40)44-42(43-37)45-31-20-10-8-18-29(31)36-39(45)28-17-7-6-16-27(28)34-30-19-9-11-21-33(30)47-41(34)36/h1-27H;1-23H. The van der Waals surface area contributed by atoms with Crippen LogP contribution in [0.5, 0.6) is 0 Å². The molecule has 0 amide bonds. The minimum atomic E-state index is 0.616. The Labute approximate surface area is 576 Å². The summed E-state index contributed by atoms with van der Waals surface area (Å²) in [5.74, 6) is 1.24. The molecular weight excluding hydrogens is 1260 g/mol. The Morgan fingerprint density at radius 1 is 0.260 bits per heavy atom. The van der Waals surface area contributed by atoms with E-state index >= 15 is 0 Å². The van der Waals surface area contributed by atoms with Crippen LogP contribution >= 0.6 is 22.7 Å². The van der Waals surface area contributed by atoms with Gasteiger partial charge in [-0.2, -0.15) is 0 Å². The van der Waals surface area contributed by atoms with E-state index in [4.69, 9.17) is 28.8 Å². The lowest BCUT2D eigenvalue weighted by Crippen LogP contribution is -2.03. The second-order valence-electron chi connectivity index (χ2n) is 25.8. The predicted molar refractivity (Wildman–Crippen MR) is 419 cm³/mol. The molecule has 10 heteroatoms. The topological polar surface area (TPSA) is 87.7 Å². The number of hydrogen-bond acceptors (Lipinski definition) is 8. The monoisotopic (exact) mass is 1310 g/mol.